The van der Waals surface area contributed by atoms with Gasteiger partial charge in [-0.3, -0.25) is 14.3 Å². The molecular weight excluding hydrogens is 434 g/mol. The quantitative estimate of drug-likeness (QED) is 0.430. The van der Waals surface area contributed by atoms with Crippen molar-refractivity contribution >= 4 is 17.6 Å². The van der Waals surface area contributed by atoms with Crippen molar-refractivity contribution in [1.29, 1.82) is 0 Å². The van der Waals surface area contributed by atoms with Crippen LogP contribution in [-0.2, 0) is 16.6 Å². The number of para-hydroxylation sites is 1. The number of hydrogen-bond acceptors (Lipinski definition) is 5. The summed E-state index contributed by atoms with van der Waals surface area (Å²) in [5, 5.41) is 2.57. The van der Waals surface area contributed by atoms with Gasteiger partial charge in [-0.15, -0.1) is 0 Å². The third kappa shape index (κ3) is 4.40. The van der Waals surface area contributed by atoms with Gasteiger partial charge in [0, 0.05) is 18.3 Å². The molecule has 0 fully saturated rings. The van der Waals surface area contributed by atoms with Crippen LogP contribution in [0.4, 0.5) is 5.69 Å². The van der Waals surface area contributed by atoms with Gasteiger partial charge in [-0.2, -0.15) is 0 Å². The van der Waals surface area contributed by atoms with Gasteiger partial charge in [0.15, 0.2) is 6.61 Å². The lowest BCUT2D eigenvalue weighted by Gasteiger charge is -2.07. The number of aromatic amines is 1. The van der Waals surface area contributed by atoms with Gasteiger partial charge >= 0.3 is 5.97 Å². The fourth-order valence-corrected chi connectivity index (χ4v) is 3.55. The van der Waals surface area contributed by atoms with Crippen molar-refractivity contribution in [3.8, 4) is 17.1 Å². The predicted octanol–water partition coefficient (Wildman–Crippen LogP) is 3.29. The molecule has 9 nitrogen and oxygen atoms in total. The fraction of sp³-hybridized carbons (Fsp3) is 0.200. The van der Waals surface area contributed by atoms with Crippen molar-refractivity contribution in [1.82, 2.24) is 19.3 Å². The SMILES string of the molecule is Cc1nc(-c2ccc(C(=O)OCC(=O)Nc3c(C)n(C)n(-c4ccccc4)c3=O)cc2)[nH]c1C. The van der Waals surface area contributed by atoms with E-state index in [9.17, 15) is 14.4 Å². The summed E-state index contributed by atoms with van der Waals surface area (Å²) in [6.45, 7) is 5.07. The molecule has 0 aliphatic carbocycles. The number of amides is 1. The summed E-state index contributed by atoms with van der Waals surface area (Å²) in [5.41, 5.74) is 4.05. The average Bonchev–Trinajstić information content (AvgIpc) is 3.28. The van der Waals surface area contributed by atoms with Gasteiger partial charge < -0.3 is 15.0 Å². The summed E-state index contributed by atoms with van der Waals surface area (Å²) in [6.07, 6.45) is 0. The number of aromatic nitrogens is 4. The number of ether oxygens (including phenoxy) is 1. The minimum Gasteiger partial charge on any atom is -0.452 e. The molecule has 2 aromatic heterocycles. The molecule has 34 heavy (non-hydrogen) atoms. The molecule has 0 atom stereocenters. The Hall–Kier alpha value is -4.40. The van der Waals surface area contributed by atoms with Crippen LogP contribution >= 0.6 is 0 Å². The summed E-state index contributed by atoms with van der Waals surface area (Å²) < 4.78 is 8.26. The monoisotopic (exact) mass is 459 g/mol. The second-order valence-corrected chi connectivity index (χ2v) is 7.93. The Morgan fingerprint density at radius 2 is 1.71 bits per heavy atom. The molecule has 0 radical (unpaired) electrons. The number of nitrogens with one attached hydrogen (secondary N) is 2. The van der Waals surface area contributed by atoms with Crippen LogP contribution in [0.2, 0.25) is 0 Å². The molecule has 4 aromatic rings. The number of carbonyl (C=O) groups is 2. The van der Waals surface area contributed by atoms with Crippen LogP contribution in [0.5, 0.6) is 0 Å². The molecule has 0 saturated heterocycles. The van der Waals surface area contributed by atoms with Gasteiger partial charge in [0.1, 0.15) is 11.5 Å². The maximum Gasteiger partial charge on any atom is 0.338 e. The van der Waals surface area contributed by atoms with Crippen LogP contribution < -0.4 is 10.9 Å². The Balaban J connectivity index is 1.41. The number of esters is 1. The first kappa shape index (κ1) is 22.8. The predicted molar refractivity (Wildman–Crippen MR) is 128 cm³/mol. The fourth-order valence-electron chi connectivity index (χ4n) is 3.55. The third-order valence-corrected chi connectivity index (χ3v) is 5.68. The second kappa shape index (κ2) is 9.22. The molecule has 174 valence electrons. The molecule has 4 rings (SSSR count). The number of anilines is 1. The molecule has 0 spiro atoms. The number of carbonyl (C=O) groups excluding carboxylic acids is 2. The van der Waals surface area contributed by atoms with E-state index < -0.39 is 18.5 Å². The van der Waals surface area contributed by atoms with Gasteiger partial charge in [0.25, 0.3) is 11.5 Å². The normalized spacial score (nSPS) is 10.8. The number of nitrogens with zero attached hydrogens (tertiary/aromatic N) is 3. The Labute approximate surface area is 196 Å². The van der Waals surface area contributed by atoms with Crippen molar-refractivity contribution in [3.63, 3.8) is 0 Å². The van der Waals surface area contributed by atoms with Crippen molar-refractivity contribution in [3.05, 3.63) is 87.6 Å². The van der Waals surface area contributed by atoms with Crippen molar-refractivity contribution < 1.29 is 14.3 Å². The van der Waals surface area contributed by atoms with Crippen molar-refractivity contribution in [2.24, 2.45) is 7.05 Å². The lowest BCUT2D eigenvalue weighted by atomic mass is 10.1. The molecule has 2 heterocycles. The van der Waals surface area contributed by atoms with E-state index in [0.29, 0.717) is 22.8 Å². The summed E-state index contributed by atoms with van der Waals surface area (Å²) in [4.78, 5) is 45.3. The molecule has 9 heteroatoms. The Morgan fingerprint density at radius 3 is 2.32 bits per heavy atom. The molecule has 0 bridgehead atoms. The van der Waals surface area contributed by atoms with Crippen LogP contribution in [0.15, 0.2) is 59.4 Å². The van der Waals surface area contributed by atoms with Gasteiger partial charge in [-0.25, -0.2) is 14.5 Å². The number of imidazole rings is 1. The highest BCUT2D eigenvalue weighted by atomic mass is 16.5. The lowest BCUT2D eigenvalue weighted by Crippen LogP contribution is -2.25. The Kier molecular flexibility index (Phi) is 6.18. The zero-order valence-electron chi connectivity index (χ0n) is 19.4. The molecule has 0 unspecified atom stereocenters. The lowest BCUT2D eigenvalue weighted by molar-refractivity contribution is -0.119. The van der Waals surface area contributed by atoms with Crippen LogP contribution in [-0.4, -0.2) is 37.8 Å². The average molecular weight is 460 g/mol. The van der Waals surface area contributed by atoms with E-state index in [0.717, 1.165) is 17.0 Å². The number of H-pyrrole nitrogens is 1. The highest BCUT2D eigenvalue weighted by Crippen LogP contribution is 2.19. The summed E-state index contributed by atoms with van der Waals surface area (Å²) in [6, 6.07) is 15.8. The zero-order chi connectivity index (χ0) is 24.4. The smallest absolute Gasteiger partial charge is 0.338 e. The third-order valence-electron chi connectivity index (χ3n) is 5.68. The molecule has 2 N–H and O–H groups in total. The van der Waals surface area contributed by atoms with E-state index in [-0.39, 0.29) is 11.2 Å². The van der Waals surface area contributed by atoms with Crippen LogP contribution in [0.1, 0.15) is 27.4 Å². The number of rotatable bonds is 6. The van der Waals surface area contributed by atoms with E-state index in [2.05, 4.69) is 15.3 Å². The Morgan fingerprint density at radius 1 is 1.03 bits per heavy atom. The maximum absolute atomic E-state index is 12.9. The molecule has 2 aromatic carbocycles. The zero-order valence-corrected chi connectivity index (χ0v) is 19.4. The molecule has 0 aliphatic rings. The Bertz CT molecular complexity index is 1390. The van der Waals surface area contributed by atoms with Gasteiger partial charge in [0.2, 0.25) is 0 Å². The van der Waals surface area contributed by atoms with E-state index in [1.54, 1.807) is 55.1 Å². The van der Waals surface area contributed by atoms with Gasteiger partial charge in [-0.05, 0) is 45.0 Å². The standard InChI is InChI=1S/C25H25N5O4/c1-15-16(2)27-23(26-15)18-10-12-19(13-11-18)25(33)34-14-21(31)28-22-17(3)29(4)30(24(22)32)20-8-6-5-7-9-20/h5-13H,14H2,1-4H3,(H,26,27)(H,28,31). The number of aryl methyl sites for hydroxylation is 2. The first-order valence-corrected chi connectivity index (χ1v) is 10.7. The topological polar surface area (TPSA) is 111 Å². The van der Waals surface area contributed by atoms with Gasteiger partial charge in [0.05, 0.1) is 22.6 Å². The summed E-state index contributed by atoms with van der Waals surface area (Å²) in [5.74, 6) is -0.522. The van der Waals surface area contributed by atoms with Crippen LogP contribution in [0.25, 0.3) is 17.1 Å². The van der Waals surface area contributed by atoms with E-state index in [1.165, 1.54) is 4.68 Å². The first-order valence-electron chi connectivity index (χ1n) is 10.7. The highest BCUT2D eigenvalue weighted by Gasteiger charge is 2.19. The molecule has 0 saturated carbocycles. The summed E-state index contributed by atoms with van der Waals surface area (Å²) in [7, 11) is 1.73. The van der Waals surface area contributed by atoms with Crippen molar-refractivity contribution in [2.45, 2.75) is 20.8 Å². The maximum atomic E-state index is 12.9. The minimum absolute atomic E-state index is 0.140. The molecule has 0 aliphatic heterocycles. The van der Waals surface area contributed by atoms with E-state index in [4.69, 9.17) is 4.74 Å². The van der Waals surface area contributed by atoms with Crippen molar-refractivity contribution in [2.75, 3.05) is 11.9 Å². The molecular formula is C25H25N5O4. The largest absolute Gasteiger partial charge is 0.452 e. The molecule has 1 amide bonds. The van der Waals surface area contributed by atoms with Gasteiger partial charge in [-0.1, -0.05) is 30.3 Å². The van der Waals surface area contributed by atoms with E-state index in [1.807, 2.05) is 32.0 Å². The minimum atomic E-state index is -0.639. The number of benzene rings is 2. The summed E-state index contributed by atoms with van der Waals surface area (Å²) >= 11 is 0. The second-order valence-electron chi connectivity index (χ2n) is 7.93. The highest BCUT2D eigenvalue weighted by molar-refractivity contribution is 5.96. The van der Waals surface area contributed by atoms with Crippen LogP contribution in [0, 0.1) is 20.8 Å². The van der Waals surface area contributed by atoms with E-state index >= 15 is 0 Å². The first-order chi connectivity index (χ1) is 16.3. The number of hydrogen-bond donors (Lipinski definition) is 2. The van der Waals surface area contributed by atoms with Crippen LogP contribution in [0.3, 0.4) is 0 Å².